The molecule has 4 aromatic rings. The van der Waals surface area contributed by atoms with Crippen LogP contribution in [0.4, 0.5) is 0 Å². The van der Waals surface area contributed by atoms with Crippen LogP contribution in [0.2, 0.25) is 0 Å². The summed E-state index contributed by atoms with van der Waals surface area (Å²) >= 11 is 0. The lowest BCUT2D eigenvalue weighted by Crippen LogP contribution is -2.31. The van der Waals surface area contributed by atoms with Gasteiger partial charge < -0.3 is 9.79 Å². The molecule has 0 aliphatic heterocycles. The van der Waals surface area contributed by atoms with Gasteiger partial charge in [-0.25, -0.2) is 0 Å². The van der Waals surface area contributed by atoms with E-state index >= 15 is 0 Å². The topological polar surface area (TPSA) is 65.3 Å². The monoisotopic (exact) mass is 432 g/mol. The van der Waals surface area contributed by atoms with Crippen LogP contribution in [0.5, 0.6) is 0 Å². The molecule has 0 saturated heterocycles. The van der Waals surface area contributed by atoms with Gasteiger partial charge in [0.05, 0.1) is 6.16 Å². The van der Waals surface area contributed by atoms with Crippen molar-refractivity contribution in [3.05, 3.63) is 108 Å². The van der Waals surface area contributed by atoms with E-state index in [1.165, 1.54) is 16.8 Å². The molecule has 0 unspecified atom stereocenters. The van der Waals surface area contributed by atoms with E-state index in [4.69, 9.17) is 0 Å². The van der Waals surface area contributed by atoms with Crippen molar-refractivity contribution in [1.82, 2.24) is 0 Å². The quantitative estimate of drug-likeness (QED) is 0.367. The van der Waals surface area contributed by atoms with Crippen LogP contribution >= 0.6 is 7.60 Å². The third kappa shape index (κ3) is 4.80. The molecule has 0 amide bonds. The predicted molar refractivity (Wildman–Crippen MR) is 120 cm³/mol. The maximum Gasteiger partial charge on any atom is 0.330 e. The average Bonchev–Trinajstić information content (AvgIpc) is 2.74. The van der Waals surface area contributed by atoms with Gasteiger partial charge in [0.25, 0.3) is 0 Å². The van der Waals surface area contributed by atoms with Crippen molar-refractivity contribution in [2.75, 3.05) is 0 Å². The first-order valence-corrected chi connectivity index (χ1v) is 11.8. The summed E-state index contributed by atoms with van der Waals surface area (Å²) in [6.07, 6.45) is 7.69. The number of para-hydroxylation sites is 2. The fourth-order valence-corrected chi connectivity index (χ4v) is 4.59. The largest absolute Gasteiger partial charge is 0.330 e. The van der Waals surface area contributed by atoms with Crippen molar-refractivity contribution in [1.29, 1.82) is 0 Å². The molecule has 2 aromatic heterocycles. The SMILES string of the molecule is Cc1cccc(C)c1-[n+]1ccc(-c2cc[n+](-c3ccccc3CP(=O)(O)O)cc2)cc1. The minimum absolute atomic E-state index is 0.283. The number of rotatable bonds is 5. The third-order valence-corrected chi connectivity index (χ3v) is 6.09. The van der Waals surface area contributed by atoms with E-state index < -0.39 is 7.60 Å². The van der Waals surface area contributed by atoms with Gasteiger partial charge in [-0.05, 0) is 25.0 Å². The lowest BCUT2D eigenvalue weighted by molar-refractivity contribution is -0.596. The number of hydrogen-bond acceptors (Lipinski definition) is 1. The molecular weight excluding hydrogens is 407 g/mol. The summed E-state index contributed by atoms with van der Waals surface area (Å²) in [5.74, 6) is 0. The highest BCUT2D eigenvalue weighted by Gasteiger charge is 2.21. The van der Waals surface area contributed by atoms with Crippen LogP contribution in [0.1, 0.15) is 16.7 Å². The Kier molecular flexibility index (Phi) is 5.84. The van der Waals surface area contributed by atoms with Crippen LogP contribution in [0, 0.1) is 13.8 Å². The van der Waals surface area contributed by atoms with Crippen LogP contribution in [0.15, 0.2) is 91.5 Å². The molecule has 156 valence electrons. The molecule has 2 aromatic carbocycles. The highest BCUT2D eigenvalue weighted by molar-refractivity contribution is 7.50. The standard InChI is InChI=1S/C25H23N2O3P/c1-19-6-5-7-20(2)25(19)27-16-12-22(13-17-27)21-10-14-26(15-11-21)24-9-4-3-8-23(24)18-31(28,29)30/h3-17H,18H2,1-2H3/p+2. The summed E-state index contributed by atoms with van der Waals surface area (Å²) in [6, 6.07) is 21.8. The van der Waals surface area contributed by atoms with Gasteiger partial charge in [-0.15, -0.1) is 0 Å². The Hall–Kier alpha value is -3.11. The molecule has 2 heterocycles. The Morgan fingerprint density at radius 3 is 1.77 bits per heavy atom. The van der Waals surface area contributed by atoms with Crippen molar-refractivity contribution in [3.8, 4) is 22.5 Å². The third-order valence-electron chi connectivity index (χ3n) is 5.34. The molecule has 0 aliphatic rings. The van der Waals surface area contributed by atoms with Gasteiger partial charge in [-0.1, -0.05) is 36.4 Å². The van der Waals surface area contributed by atoms with Crippen LogP contribution in [0.25, 0.3) is 22.5 Å². The fourth-order valence-electron chi connectivity index (χ4n) is 3.88. The molecule has 5 nitrogen and oxygen atoms in total. The molecule has 31 heavy (non-hydrogen) atoms. The van der Waals surface area contributed by atoms with Gasteiger partial charge in [-0.3, -0.25) is 4.57 Å². The van der Waals surface area contributed by atoms with Crippen molar-refractivity contribution in [3.63, 3.8) is 0 Å². The average molecular weight is 432 g/mol. The van der Waals surface area contributed by atoms with E-state index in [0.717, 1.165) is 16.8 Å². The zero-order chi connectivity index (χ0) is 22.0. The minimum atomic E-state index is -4.15. The Morgan fingerprint density at radius 1 is 0.710 bits per heavy atom. The number of hydrogen-bond donors (Lipinski definition) is 2. The van der Waals surface area contributed by atoms with E-state index in [1.807, 2.05) is 41.2 Å². The van der Waals surface area contributed by atoms with Crippen molar-refractivity contribution in [2.45, 2.75) is 20.0 Å². The lowest BCUT2D eigenvalue weighted by Gasteiger charge is -2.07. The van der Waals surface area contributed by atoms with Crippen molar-refractivity contribution in [2.24, 2.45) is 0 Å². The Labute approximate surface area is 182 Å². The molecule has 2 N–H and O–H groups in total. The summed E-state index contributed by atoms with van der Waals surface area (Å²) in [7, 11) is -4.15. The maximum absolute atomic E-state index is 11.5. The Morgan fingerprint density at radius 2 is 1.23 bits per heavy atom. The molecule has 0 saturated carbocycles. The molecule has 0 aliphatic carbocycles. The van der Waals surface area contributed by atoms with Crippen LogP contribution < -0.4 is 9.13 Å². The van der Waals surface area contributed by atoms with Gasteiger partial charge in [0.15, 0.2) is 24.8 Å². The molecule has 6 heteroatoms. The van der Waals surface area contributed by atoms with Gasteiger partial charge in [0.2, 0.25) is 11.4 Å². The summed E-state index contributed by atoms with van der Waals surface area (Å²) in [4.78, 5) is 18.7. The van der Waals surface area contributed by atoms with Gasteiger partial charge in [0.1, 0.15) is 0 Å². The molecule has 4 rings (SSSR count). The first-order chi connectivity index (χ1) is 14.8. The first kappa shape index (κ1) is 21.1. The van der Waals surface area contributed by atoms with Gasteiger partial charge in [0, 0.05) is 47.0 Å². The Balaban J connectivity index is 1.62. The number of nitrogens with zero attached hydrogens (tertiary/aromatic N) is 2. The van der Waals surface area contributed by atoms with Gasteiger partial charge >= 0.3 is 7.60 Å². The Bertz CT molecular complexity index is 1240. The van der Waals surface area contributed by atoms with Crippen LogP contribution in [-0.2, 0) is 10.7 Å². The molecule has 0 radical (unpaired) electrons. The smallest absolute Gasteiger partial charge is 0.324 e. The second-order valence-corrected chi connectivity index (χ2v) is 9.33. The number of aryl methyl sites for hydroxylation is 2. The van der Waals surface area contributed by atoms with E-state index in [0.29, 0.717) is 5.56 Å². The van der Waals surface area contributed by atoms with E-state index in [-0.39, 0.29) is 6.16 Å². The molecule has 0 spiro atoms. The van der Waals surface area contributed by atoms with Crippen LogP contribution in [0.3, 0.4) is 0 Å². The van der Waals surface area contributed by atoms with Crippen LogP contribution in [-0.4, -0.2) is 9.79 Å². The van der Waals surface area contributed by atoms with E-state index in [1.54, 1.807) is 12.1 Å². The highest BCUT2D eigenvalue weighted by Crippen LogP contribution is 2.39. The zero-order valence-corrected chi connectivity index (χ0v) is 18.4. The predicted octanol–water partition coefficient (Wildman–Crippen LogP) is 4.20. The summed E-state index contributed by atoms with van der Waals surface area (Å²) in [5, 5.41) is 0. The zero-order valence-electron chi connectivity index (χ0n) is 17.5. The van der Waals surface area contributed by atoms with Crippen molar-refractivity contribution < 1.29 is 23.5 Å². The normalized spacial score (nSPS) is 11.5. The molecule has 0 atom stereocenters. The van der Waals surface area contributed by atoms with E-state index in [2.05, 4.69) is 61.1 Å². The fraction of sp³-hybridized carbons (Fsp3) is 0.120. The number of benzene rings is 2. The number of aromatic nitrogens is 2. The summed E-state index contributed by atoms with van der Waals surface area (Å²) in [5.41, 5.74) is 7.19. The van der Waals surface area contributed by atoms with Crippen molar-refractivity contribution >= 4 is 7.60 Å². The number of pyridine rings is 2. The second kappa shape index (κ2) is 8.56. The van der Waals surface area contributed by atoms with E-state index in [9.17, 15) is 14.4 Å². The minimum Gasteiger partial charge on any atom is -0.324 e. The summed E-state index contributed by atoms with van der Waals surface area (Å²) < 4.78 is 15.5. The highest BCUT2D eigenvalue weighted by atomic mass is 31.2. The first-order valence-electron chi connectivity index (χ1n) is 10.0. The molecule has 0 bridgehead atoms. The maximum atomic E-state index is 11.5. The van der Waals surface area contributed by atoms with Gasteiger partial charge in [-0.2, -0.15) is 9.13 Å². The summed E-state index contributed by atoms with van der Waals surface area (Å²) in [6.45, 7) is 4.23. The second-order valence-electron chi connectivity index (χ2n) is 7.68. The lowest BCUT2D eigenvalue weighted by atomic mass is 10.1. The molecule has 0 fully saturated rings. The molecular formula is C25H25N2O3P+2.